The molecule has 0 fully saturated rings. The first-order valence-corrected chi connectivity index (χ1v) is 7.36. The zero-order valence-corrected chi connectivity index (χ0v) is 13.3. The highest BCUT2D eigenvalue weighted by atomic mass is 79.9. The Morgan fingerprint density at radius 2 is 2.05 bits per heavy atom. The first-order valence-electron chi connectivity index (χ1n) is 6.19. The monoisotopic (exact) mass is 356 g/mol. The number of anilines is 1. The van der Waals surface area contributed by atoms with Crippen LogP contribution in [0.4, 0.5) is 10.1 Å². The summed E-state index contributed by atoms with van der Waals surface area (Å²) in [5.74, 6) is -0.334. The molecule has 2 aromatic carbocycles. The third-order valence-corrected chi connectivity index (χ3v) is 4.30. The second-order valence-corrected chi connectivity index (χ2v) is 5.83. The summed E-state index contributed by atoms with van der Waals surface area (Å²) in [6, 6.07) is 10.1. The standard InChI is InChI=1S/C15H15BrClFN2/c1-9-6-10(2-4-12(9)16)15(8-19)20-14-7-11(18)3-5-13(14)17/h2-7,15,20H,8,19H2,1H3. The van der Waals surface area contributed by atoms with Crippen LogP contribution in [-0.2, 0) is 0 Å². The molecule has 2 nitrogen and oxygen atoms in total. The molecule has 2 rings (SSSR count). The van der Waals surface area contributed by atoms with Crippen LogP contribution < -0.4 is 11.1 Å². The zero-order chi connectivity index (χ0) is 14.7. The van der Waals surface area contributed by atoms with Crippen molar-refractivity contribution in [3.8, 4) is 0 Å². The molecule has 3 N–H and O–H groups in total. The normalized spacial score (nSPS) is 12.2. The van der Waals surface area contributed by atoms with Gasteiger partial charge in [0.1, 0.15) is 5.82 Å². The van der Waals surface area contributed by atoms with Crippen molar-refractivity contribution in [1.82, 2.24) is 0 Å². The average molecular weight is 358 g/mol. The highest BCUT2D eigenvalue weighted by molar-refractivity contribution is 9.10. The van der Waals surface area contributed by atoms with Crippen molar-refractivity contribution in [1.29, 1.82) is 0 Å². The number of aryl methyl sites for hydroxylation is 1. The lowest BCUT2D eigenvalue weighted by Crippen LogP contribution is -2.21. The summed E-state index contributed by atoms with van der Waals surface area (Å²) in [4.78, 5) is 0. The molecule has 5 heteroatoms. The molecular weight excluding hydrogens is 343 g/mol. The zero-order valence-electron chi connectivity index (χ0n) is 11.0. The molecule has 0 aliphatic carbocycles. The summed E-state index contributed by atoms with van der Waals surface area (Å²) in [6.45, 7) is 2.39. The molecule has 0 saturated carbocycles. The summed E-state index contributed by atoms with van der Waals surface area (Å²) in [5, 5.41) is 3.66. The van der Waals surface area contributed by atoms with Gasteiger partial charge in [-0.1, -0.05) is 39.7 Å². The maximum Gasteiger partial charge on any atom is 0.125 e. The highest BCUT2D eigenvalue weighted by Gasteiger charge is 2.12. The fraction of sp³-hybridized carbons (Fsp3) is 0.200. The molecule has 0 aliphatic heterocycles. The van der Waals surface area contributed by atoms with Crippen LogP contribution in [-0.4, -0.2) is 6.54 Å². The van der Waals surface area contributed by atoms with Crippen molar-refractivity contribution >= 4 is 33.2 Å². The summed E-state index contributed by atoms with van der Waals surface area (Å²) in [6.07, 6.45) is 0. The van der Waals surface area contributed by atoms with Gasteiger partial charge in [-0.3, -0.25) is 0 Å². The second kappa shape index (κ2) is 6.57. The van der Waals surface area contributed by atoms with Crippen LogP contribution in [0.25, 0.3) is 0 Å². The summed E-state index contributed by atoms with van der Waals surface area (Å²) < 4.78 is 14.3. The molecule has 0 heterocycles. The molecule has 0 saturated heterocycles. The summed E-state index contributed by atoms with van der Waals surface area (Å²) in [7, 11) is 0. The van der Waals surface area contributed by atoms with Gasteiger partial charge in [-0.15, -0.1) is 0 Å². The van der Waals surface area contributed by atoms with E-state index in [0.717, 1.165) is 15.6 Å². The van der Waals surface area contributed by atoms with Crippen molar-refractivity contribution < 1.29 is 4.39 Å². The van der Waals surface area contributed by atoms with Gasteiger partial charge in [0.15, 0.2) is 0 Å². The number of rotatable bonds is 4. The fourth-order valence-electron chi connectivity index (χ4n) is 1.96. The van der Waals surface area contributed by atoms with Crippen LogP contribution >= 0.6 is 27.5 Å². The lowest BCUT2D eigenvalue weighted by atomic mass is 10.0. The Morgan fingerprint density at radius 3 is 2.70 bits per heavy atom. The van der Waals surface area contributed by atoms with Crippen LogP contribution in [0, 0.1) is 12.7 Å². The number of nitrogens with one attached hydrogen (secondary N) is 1. The number of halogens is 3. The first kappa shape index (κ1) is 15.3. The van der Waals surface area contributed by atoms with Crippen LogP contribution in [0.15, 0.2) is 40.9 Å². The van der Waals surface area contributed by atoms with Gasteiger partial charge in [-0.05, 0) is 42.3 Å². The molecule has 0 aromatic heterocycles. The molecule has 0 spiro atoms. The molecule has 106 valence electrons. The van der Waals surface area contributed by atoms with Crippen molar-refractivity contribution in [2.45, 2.75) is 13.0 Å². The lowest BCUT2D eigenvalue weighted by Gasteiger charge is -2.20. The predicted molar refractivity (Wildman–Crippen MR) is 85.7 cm³/mol. The van der Waals surface area contributed by atoms with E-state index < -0.39 is 0 Å². The van der Waals surface area contributed by atoms with E-state index in [1.165, 1.54) is 18.2 Å². The molecule has 0 radical (unpaired) electrons. The Kier molecular flexibility index (Phi) is 5.02. The van der Waals surface area contributed by atoms with E-state index in [9.17, 15) is 4.39 Å². The Morgan fingerprint density at radius 1 is 1.30 bits per heavy atom. The quantitative estimate of drug-likeness (QED) is 0.835. The number of hydrogen-bond acceptors (Lipinski definition) is 2. The molecule has 1 atom stereocenters. The third kappa shape index (κ3) is 3.51. The minimum absolute atomic E-state index is 0.124. The maximum atomic E-state index is 13.3. The number of nitrogens with two attached hydrogens (primary N) is 1. The van der Waals surface area contributed by atoms with Gasteiger partial charge in [-0.25, -0.2) is 4.39 Å². The number of benzene rings is 2. The van der Waals surface area contributed by atoms with Gasteiger partial charge in [-0.2, -0.15) is 0 Å². The number of hydrogen-bond donors (Lipinski definition) is 2. The van der Waals surface area contributed by atoms with Gasteiger partial charge in [0, 0.05) is 11.0 Å². The van der Waals surface area contributed by atoms with Crippen molar-refractivity contribution in [2.24, 2.45) is 5.73 Å². The van der Waals surface area contributed by atoms with Crippen molar-refractivity contribution in [2.75, 3.05) is 11.9 Å². The van der Waals surface area contributed by atoms with E-state index in [-0.39, 0.29) is 11.9 Å². The van der Waals surface area contributed by atoms with Gasteiger partial charge in [0.05, 0.1) is 16.8 Å². The fourth-order valence-corrected chi connectivity index (χ4v) is 2.38. The van der Waals surface area contributed by atoms with Gasteiger partial charge < -0.3 is 11.1 Å². The maximum absolute atomic E-state index is 13.3. The first-order chi connectivity index (χ1) is 9.51. The summed E-state index contributed by atoms with van der Waals surface area (Å²) in [5.41, 5.74) is 8.52. The largest absolute Gasteiger partial charge is 0.376 e. The molecule has 0 amide bonds. The van der Waals surface area contributed by atoms with Crippen LogP contribution in [0.1, 0.15) is 17.2 Å². The third-order valence-electron chi connectivity index (χ3n) is 3.08. The van der Waals surface area contributed by atoms with Gasteiger partial charge in [0.2, 0.25) is 0 Å². The van der Waals surface area contributed by atoms with E-state index in [0.29, 0.717) is 17.3 Å². The Balaban J connectivity index is 2.28. The topological polar surface area (TPSA) is 38.0 Å². The SMILES string of the molecule is Cc1cc(C(CN)Nc2cc(F)ccc2Cl)ccc1Br. The van der Waals surface area contributed by atoms with Crippen LogP contribution in [0.5, 0.6) is 0 Å². The predicted octanol–water partition coefficient (Wildman–Crippen LogP) is 4.66. The van der Waals surface area contributed by atoms with Gasteiger partial charge in [0.25, 0.3) is 0 Å². The Labute approximate surface area is 131 Å². The van der Waals surface area contributed by atoms with E-state index in [1.54, 1.807) is 0 Å². The minimum atomic E-state index is -0.334. The average Bonchev–Trinajstić information content (AvgIpc) is 2.43. The van der Waals surface area contributed by atoms with E-state index in [2.05, 4.69) is 21.2 Å². The Bertz CT molecular complexity index is 619. The van der Waals surface area contributed by atoms with Crippen LogP contribution in [0.2, 0.25) is 5.02 Å². The highest BCUT2D eigenvalue weighted by Crippen LogP contribution is 2.28. The minimum Gasteiger partial charge on any atom is -0.376 e. The van der Waals surface area contributed by atoms with E-state index in [1.807, 2.05) is 25.1 Å². The molecule has 0 bridgehead atoms. The summed E-state index contributed by atoms with van der Waals surface area (Å²) >= 11 is 9.53. The second-order valence-electron chi connectivity index (χ2n) is 4.57. The molecule has 20 heavy (non-hydrogen) atoms. The van der Waals surface area contributed by atoms with Crippen molar-refractivity contribution in [3.63, 3.8) is 0 Å². The molecule has 0 aliphatic rings. The molecule has 1 unspecified atom stereocenters. The van der Waals surface area contributed by atoms with E-state index in [4.69, 9.17) is 17.3 Å². The van der Waals surface area contributed by atoms with Crippen molar-refractivity contribution in [3.05, 3.63) is 62.8 Å². The molecular formula is C15H15BrClFN2. The van der Waals surface area contributed by atoms with Crippen LogP contribution in [0.3, 0.4) is 0 Å². The van der Waals surface area contributed by atoms with E-state index >= 15 is 0 Å². The Hall–Kier alpha value is -1.10. The lowest BCUT2D eigenvalue weighted by molar-refractivity contribution is 0.627. The molecule has 2 aromatic rings. The van der Waals surface area contributed by atoms with Gasteiger partial charge >= 0.3 is 0 Å². The smallest absolute Gasteiger partial charge is 0.125 e.